The number of unbranched alkanes of at least 4 members (excludes halogenated alkanes) is 61. The second-order valence-electron chi connectivity index (χ2n) is 26.4. The van der Waals surface area contributed by atoms with Crippen LogP contribution in [0.2, 0.25) is 0 Å². The molecular formula is C75H149NO5. The Morgan fingerprint density at radius 2 is 0.506 bits per heavy atom. The van der Waals surface area contributed by atoms with Crippen molar-refractivity contribution in [2.24, 2.45) is 0 Å². The van der Waals surface area contributed by atoms with E-state index in [1.165, 1.54) is 372 Å². The third-order valence-corrected chi connectivity index (χ3v) is 18.2. The molecule has 81 heavy (non-hydrogen) atoms. The molecule has 0 aromatic rings. The lowest BCUT2D eigenvalue weighted by molar-refractivity contribution is -0.143. The van der Waals surface area contributed by atoms with Crippen molar-refractivity contribution < 1.29 is 24.5 Å². The minimum atomic E-state index is -0.665. The summed E-state index contributed by atoms with van der Waals surface area (Å²) < 4.78 is 5.52. The van der Waals surface area contributed by atoms with Crippen LogP contribution in [0.1, 0.15) is 444 Å². The highest BCUT2D eigenvalue weighted by Gasteiger charge is 2.20. The summed E-state index contributed by atoms with van der Waals surface area (Å²) in [6.07, 6.45) is 87.4. The zero-order valence-electron chi connectivity index (χ0n) is 55.6. The van der Waals surface area contributed by atoms with Crippen LogP contribution < -0.4 is 5.32 Å². The van der Waals surface area contributed by atoms with Crippen LogP contribution in [0.15, 0.2) is 0 Å². The minimum Gasteiger partial charge on any atom is -0.466 e. The van der Waals surface area contributed by atoms with E-state index in [2.05, 4.69) is 19.2 Å². The summed E-state index contributed by atoms with van der Waals surface area (Å²) >= 11 is 0. The summed E-state index contributed by atoms with van der Waals surface area (Å²) in [5.41, 5.74) is 0. The molecule has 2 atom stereocenters. The lowest BCUT2D eigenvalue weighted by Gasteiger charge is -2.22. The molecule has 1 amide bonds. The largest absolute Gasteiger partial charge is 0.466 e. The average molecular weight is 1150 g/mol. The zero-order chi connectivity index (χ0) is 58.5. The topological polar surface area (TPSA) is 95.9 Å². The fourth-order valence-electron chi connectivity index (χ4n) is 12.4. The highest BCUT2D eigenvalue weighted by Crippen LogP contribution is 2.20. The third-order valence-electron chi connectivity index (χ3n) is 18.2. The Bertz CT molecular complexity index is 1180. The quantitative estimate of drug-likeness (QED) is 0.0417. The lowest BCUT2D eigenvalue weighted by Crippen LogP contribution is -2.45. The monoisotopic (exact) mass is 1140 g/mol. The average Bonchev–Trinajstić information content (AvgIpc) is 3.47. The van der Waals surface area contributed by atoms with Crippen LogP contribution in [-0.4, -0.2) is 47.4 Å². The molecule has 0 radical (unpaired) electrons. The van der Waals surface area contributed by atoms with E-state index in [4.69, 9.17) is 4.74 Å². The Morgan fingerprint density at radius 1 is 0.296 bits per heavy atom. The Kier molecular flexibility index (Phi) is 70.3. The van der Waals surface area contributed by atoms with Crippen molar-refractivity contribution in [3.05, 3.63) is 0 Å². The van der Waals surface area contributed by atoms with Gasteiger partial charge in [0.15, 0.2) is 0 Å². The fourth-order valence-corrected chi connectivity index (χ4v) is 12.4. The number of nitrogens with one attached hydrogen (secondary N) is 1. The maximum absolute atomic E-state index is 12.6. The summed E-state index contributed by atoms with van der Waals surface area (Å²) in [5, 5.41) is 23.5. The van der Waals surface area contributed by atoms with E-state index in [0.29, 0.717) is 25.9 Å². The molecule has 0 aromatic heterocycles. The van der Waals surface area contributed by atoms with Crippen molar-refractivity contribution in [2.45, 2.75) is 456 Å². The van der Waals surface area contributed by atoms with Crippen molar-refractivity contribution >= 4 is 11.9 Å². The van der Waals surface area contributed by atoms with Crippen molar-refractivity contribution in [1.82, 2.24) is 5.32 Å². The standard InChI is InChI=1S/C75H149NO5/c1-3-5-7-9-11-13-15-17-19-21-23-24-25-28-32-35-39-43-47-51-55-59-63-67-73(78)72(71-77)76-74(79)68-64-60-56-52-48-44-40-36-33-29-26-27-30-34-38-42-46-50-54-58-62-66-70-81-75(80)69-65-61-57-53-49-45-41-37-31-22-20-18-16-14-12-10-8-6-4-2/h72-73,77-78H,3-71H2,1-2H3,(H,76,79). The first-order valence-corrected chi connectivity index (χ1v) is 37.8. The molecule has 0 bridgehead atoms. The van der Waals surface area contributed by atoms with Gasteiger partial charge in [-0.05, 0) is 25.7 Å². The summed E-state index contributed by atoms with van der Waals surface area (Å²) in [7, 11) is 0. The molecule has 0 aliphatic carbocycles. The normalized spacial score (nSPS) is 12.4. The summed E-state index contributed by atoms with van der Waals surface area (Å²) in [5.74, 6) is -0.00894. The highest BCUT2D eigenvalue weighted by molar-refractivity contribution is 5.76. The van der Waals surface area contributed by atoms with Gasteiger partial charge in [0.25, 0.3) is 0 Å². The Labute approximate surface area is 508 Å². The smallest absolute Gasteiger partial charge is 0.305 e. The van der Waals surface area contributed by atoms with Gasteiger partial charge in [0, 0.05) is 12.8 Å². The van der Waals surface area contributed by atoms with E-state index in [9.17, 15) is 19.8 Å². The molecule has 0 saturated carbocycles. The van der Waals surface area contributed by atoms with Gasteiger partial charge >= 0.3 is 5.97 Å². The van der Waals surface area contributed by atoms with Crippen LogP contribution in [0.3, 0.4) is 0 Å². The maximum atomic E-state index is 12.6. The van der Waals surface area contributed by atoms with Gasteiger partial charge < -0.3 is 20.3 Å². The number of carbonyl (C=O) groups excluding carboxylic acids is 2. The van der Waals surface area contributed by atoms with E-state index in [1.54, 1.807) is 0 Å². The zero-order valence-corrected chi connectivity index (χ0v) is 55.6. The van der Waals surface area contributed by atoms with Gasteiger partial charge in [-0.25, -0.2) is 0 Å². The van der Waals surface area contributed by atoms with E-state index in [1.807, 2.05) is 0 Å². The van der Waals surface area contributed by atoms with E-state index >= 15 is 0 Å². The van der Waals surface area contributed by atoms with Gasteiger partial charge in [0.05, 0.1) is 25.4 Å². The highest BCUT2D eigenvalue weighted by atomic mass is 16.5. The molecule has 0 saturated heterocycles. The number of aliphatic hydroxyl groups is 2. The van der Waals surface area contributed by atoms with Crippen LogP contribution in [0, 0.1) is 0 Å². The lowest BCUT2D eigenvalue weighted by atomic mass is 10.0. The Hall–Kier alpha value is -1.14. The third kappa shape index (κ3) is 67.9. The molecule has 0 aliphatic heterocycles. The van der Waals surface area contributed by atoms with E-state index in [-0.39, 0.29) is 18.5 Å². The molecule has 0 rings (SSSR count). The fraction of sp³-hybridized carbons (Fsp3) is 0.973. The van der Waals surface area contributed by atoms with Gasteiger partial charge in [-0.1, -0.05) is 406 Å². The summed E-state index contributed by atoms with van der Waals surface area (Å²) in [6, 6.07) is -0.542. The van der Waals surface area contributed by atoms with E-state index in [0.717, 1.165) is 38.5 Å². The number of rotatable bonds is 72. The summed E-state index contributed by atoms with van der Waals surface area (Å²) in [6.45, 7) is 5.01. The molecular weight excluding hydrogens is 995 g/mol. The molecule has 0 aliphatic rings. The number of aliphatic hydroxyl groups excluding tert-OH is 2. The van der Waals surface area contributed by atoms with Crippen LogP contribution in [0.25, 0.3) is 0 Å². The van der Waals surface area contributed by atoms with Crippen molar-refractivity contribution in [3.8, 4) is 0 Å². The second-order valence-corrected chi connectivity index (χ2v) is 26.4. The first-order valence-electron chi connectivity index (χ1n) is 37.8. The molecule has 484 valence electrons. The minimum absolute atomic E-state index is 0.0199. The van der Waals surface area contributed by atoms with Crippen molar-refractivity contribution in [3.63, 3.8) is 0 Å². The first-order chi connectivity index (χ1) is 40.0. The van der Waals surface area contributed by atoms with Gasteiger partial charge in [-0.3, -0.25) is 9.59 Å². The van der Waals surface area contributed by atoms with Crippen LogP contribution in [0.4, 0.5) is 0 Å². The van der Waals surface area contributed by atoms with Gasteiger partial charge in [-0.15, -0.1) is 0 Å². The molecule has 0 heterocycles. The number of amides is 1. The van der Waals surface area contributed by atoms with E-state index < -0.39 is 12.1 Å². The number of esters is 1. The molecule has 2 unspecified atom stereocenters. The van der Waals surface area contributed by atoms with Crippen molar-refractivity contribution in [1.29, 1.82) is 0 Å². The number of ether oxygens (including phenoxy) is 1. The number of carbonyl (C=O) groups is 2. The summed E-state index contributed by atoms with van der Waals surface area (Å²) in [4.78, 5) is 24.7. The Morgan fingerprint density at radius 3 is 0.753 bits per heavy atom. The van der Waals surface area contributed by atoms with Gasteiger partial charge in [0.2, 0.25) is 5.91 Å². The molecule has 6 nitrogen and oxygen atoms in total. The number of hydrogen-bond acceptors (Lipinski definition) is 5. The second kappa shape index (κ2) is 71.3. The predicted octanol–water partition coefficient (Wildman–Crippen LogP) is 24.5. The van der Waals surface area contributed by atoms with Crippen molar-refractivity contribution in [2.75, 3.05) is 13.2 Å². The first kappa shape index (κ1) is 79.9. The molecule has 6 heteroatoms. The van der Waals surface area contributed by atoms with Crippen LogP contribution in [0.5, 0.6) is 0 Å². The maximum Gasteiger partial charge on any atom is 0.305 e. The number of hydrogen-bond donors (Lipinski definition) is 3. The van der Waals surface area contributed by atoms with Gasteiger partial charge in [-0.2, -0.15) is 0 Å². The van der Waals surface area contributed by atoms with Crippen LogP contribution >= 0.6 is 0 Å². The van der Waals surface area contributed by atoms with Gasteiger partial charge in [0.1, 0.15) is 0 Å². The van der Waals surface area contributed by atoms with Crippen LogP contribution in [-0.2, 0) is 14.3 Å². The SMILES string of the molecule is CCCCCCCCCCCCCCCCCCCCCCCCCC(O)C(CO)NC(=O)CCCCCCCCCCCCCCCCCCCCCCCCOC(=O)CCCCCCCCCCCCCCCCCCCCC. The predicted molar refractivity (Wildman–Crippen MR) is 357 cm³/mol. The molecule has 0 aromatic carbocycles. The molecule has 0 spiro atoms. The molecule has 3 N–H and O–H groups in total. The Balaban J connectivity index is 3.35. The molecule has 0 fully saturated rings.